The number of amides is 3. The molecule has 3 amide bonds. The predicted molar refractivity (Wildman–Crippen MR) is 193 cm³/mol. The summed E-state index contributed by atoms with van der Waals surface area (Å²) in [5, 5.41) is 28.6. The summed E-state index contributed by atoms with van der Waals surface area (Å²) in [6.45, 7) is 5.70. The molecule has 11 heteroatoms. The second kappa shape index (κ2) is 16.3. The summed E-state index contributed by atoms with van der Waals surface area (Å²) in [4.78, 5) is 44.4. The Hall–Kier alpha value is -5.10. The number of aryl methyl sites for hydroxylation is 1. The van der Waals surface area contributed by atoms with Gasteiger partial charge in [0.15, 0.2) is 5.60 Å². The highest BCUT2D eigenvalue weighted by Crippen LogP contribution is 2.36. The molecule has 0 aliphatic heterocycles. The molecule has 11 nitrogen and oxygen atoms in total. The van der Waals surface area contributed by atoms with Crippen molar-refractivity contribution in [1.29, 1.82) is 0 Å². The Bertz CT molecular complexity index is 1780. The Morgan fingerprint density at radius 2 is 1.63 bits per heavy atom. The Balaban J connectivity index is 1.42. The molecule has 1 heterocycles. The SMILES string of the molecule is COC(=O)NC(C(=O)NN(CCC(O)(Cc1ccccc1)C(=O)N(O)C1CCc2ccccc21)Cc1ccc(-c2cccnc2)cc1)C(C)(C)C. The number of carbonyl (C=O) groups excluding carboxylic acids is 3. The summed E-state index contributed by atoms with van der Waals surface area (Å²) < 4.78 is 4.79. The molecule has 1 aliphatic carbocycles. The van der Waals surface area contributed by atoms with E-state index >= 15 is 0 Å². The number of benzene rings is 3. The van der Waals surface area contributed by atoms with Crippen LogP contribution < -0.4 is 10.7 Å². The lowest BCUT2D eigenvalue weighted by molar-refractivity contribution is -0.197. The molecule has 3 unspecified atom stereocenters. The van der Waals surface area contributed by atoms with Crippen molar-refractivity contribution in [2.45, 2.75) is 70.7 Å². The van der Waals surface area contributed by atoms with Crippen LogP contribution in [-0.4, -0.2) is 68.6 Å². The number of rotatable bonds is 13. The maximum absolute atomic E-state index is 14.2. The van der Waals surface area contributed by atoms with Gasteiger partial charge in [0.25, 0.3) is 11.8 Å². The Kier molecular flexibility index (Phi) is 11.9. The van der Waals surface area contributed by atoms with Crippen LogP contribution in [0.25, 0.3) is 11.1 Å². The Morgan fingerprint density at radius 3 is 2.29 bits per heavy atom. The highest BCUT2D eigenvalue weighted by atomic mass is 16.5. The van der Waals surface area contributed by atoms with E-state index in [1.165, 1.54) is 7.11 Å². The zero-order valence-corrected chi connectivity index (χ0v) is 29.6. The van der Waals surface area contributed by atoms with Crippen molar-refractivity contribution in [2.75, 3.05) is 13.7 Å². The zero-order valence-electron chi connectivity index (χ0n) is 29.6. The molecule has 51 heavy (non-hydrogen) atoms. The number of hydrogen-bond acceptors (Lipinski definition) is 8. The second-order valence-electron chi connectivity index (χ2n) is 14.1. The first-order valence-electron chi connectivity index (χ1n) is 17.1. The lowest BCUT2D eigenvalue weighted by atomic mass is 9.86. The van der Waals surface area contributed by atoms with Crippen LogP contribution >= 0.6 is 0 Å². The first-order chi connectivity index (χ1) is 24.4. The second-order valence-corrected chi connectivity index (χ2v) is 14.1. The average molecular weight is 694 g/mol. The van der Waals surface area contributed by atoms with Crippen LogP contribution in [0.4, 0.5) is 4.79 Å². The minimum atomic E-state index is -2.03. The number of pyridine rings is 1. The highest BCUT2D eigenvalue weighted by Gasteiger charge is 2.43. The molecule has 0 saturated heterocycles. The molecular weight excluding hydrogens is 646 g/mol. The maximum atomic E-state index is 14.2. The van der Waals surface area contributed by atoms with E-state index in [0.29, 0.717) is 23.5 Å². The molecular formula is C40H47N5O6. The van der Waals surface area contributed by atoms with Gasteiger partial charge in [0.05, 0.1) is 13.2 Å². The van der Waals surface area contributed by atoms with Gasteiger partial charge in [0.1, 0.15) is 6.04 Å². The van der Waals surface area contributed by atoms with E-state index in [4.69, 9.17) is 4.74 Å². The minimum Gasteiger partial charge on any atom is -0.453 e. The van der Waals surface area contributed by atoms with E-state index in [9.17, 15) is 24.7 Å². The molecule has 3 aromatic carbocycles. The standard InChI is InChI=1S/C40H47N5O6/c1-39(2,3)35(42-38(48)51-4)36(46)43-44(27-29-16-18-30(19-17-29)32-14-10-23-41-26-32)24-22-40(49,25-28-11-6-5-7-12-28)37(47)45(50)34-21-20-31-13-8-9-15-33(31)34/h5-19,23,26,34-35,49-50H,20-22,24-25,27H2,1-4H3,(H,42,48)(H,43,46). The number of ether oxygens (including phenoxy) is 1. The molecule has 5 rings (SSSR count). The van der Waals surface area contributed by atoms with Crippen LogP contribution in [0.2, 0.25) is 0 Å². The van der Waals surface area contributed by atoms with Gasteiger partial charge >= 0.3 is 6.09 Å². The van der Waals surface area contributed by atoms with Crippen LogP contribution in [0.1, 0.15) is 61.9 Å². The Morgan fingerprint density at radius 1 is 0.922 bits per heavy atom. The van der Waals surface area contributed by atoms with Gasteiger partial charge < -0.3 is 15.2 Å². The number of hydrogen-bond donors (Lipinski definition) is 4. The molecule has 0 fully saturated rings. The zero-order chi connectivity index (χ0) is 36.6. The highest BCUT2D eigenvalue weighted by molar-refractivity contribution is 5.86. The number of nitrogens with one attached hydrogen (secondary N) is 2. The van der Waals surface area contributed by atoms with Gasteiger partial charge in [0, 0.05) is 38.3 Å². The van der Waals surface area contributed by atoms with Gasteiger partial charge in [-0.2, -0.15) is 0 Å². The average Bonchev–Trinajstić information content (AvgIpc) is 3.57. The number of hydrazine groups is 1. The van der Waals surface area contributed by atoms with Gasteiger partial charge in [-0.1, -0.05) is 106 Å². The quantitative estimate of drug-likeness (QED) is 0.104. The van der Waals surface area contributed by atoms with Crippen LogP contribution in [-0.2, 0) is 33.7 Å². The van der Waals surface area contributed by atoms with E-state index in [-0.39, 0.29) is 25.9 Å². The van der Waals surface area contributed by atoms with Crippen molar-refractivity contribution in [3.63, 3.8) is 0 Å². The predicted octanol–water partition coefficient (Wildman–Crippen LogP) is 5.62. The normalized spacial score (nSPS) is 15.7. The third kappa shape index (κ3) is 9.37. The summed E-state index contributed by atoms with van der Waals surface area (Å²) in [5.41, 5.74) is 5.61. The summed E-state index contributed by atoms with van der Waals surface area (Å²) >= 11 is 0. The molecule has 1 aromatic heterocycles. The number of fused-ring (bicyclic) bond motifs is 1. The minimum absolute atomic E-state index is 0.0232. The van der Waals surface area contributed by atoms with E-state index in [1.807, 2.05) is 112 Å². The first-order valence-corrected chi connectivity index (χ1v) is 17.1. The number of methoxy groups -OCH3 is 1. The third-order valence-electron chi connectivity index (χ3n) is 9.30. The summed E-state index contributed by atoms with van der Waals surface area (Å²) in [5.74, 6) is -1.32. The monoisotopic (exact) mass is 693 g/mol. The largest absolute Gasteiger partial charge is 0.453 e. The van der Waals surface area contributed by atoms with E-state index < -0.39 is 41.0 Å². The molecule has 3 atom stereocenters. The fourth-order valence-corrected chi connectivity index (χ4v) is 6.47. The van der Waals surface area contributed by atoms with Crippen molar-refractivity contribution >= 4 is 17.9 Å². The molecule has 268 valence electrons. The van der Waals surface area contributed by atoms with E-state index in [2.05, 4.69) is 15.7 Å². The van der Waals surface area contributed by atoms with Gasteiger partial charge in [-0.05, 0) is 57.7 Å². The van der Waals surface area contributed by atoms with Crippen LogP contribution in [0, 0.1) is 5.41 Å². The van der Waals surface area contributed by atoms with Gasteiger partial charge in [-0.15, -0.1) is 0 Å². The van der Waals surface area contributed by atoms with Crippen molar-refractivity contribution in [3.05, 3.63) is 126 Å². The van der Waals surface area contributed by atoms with Crippen LogP contribution in [0.5, 0.6) is 0 Å². The third-order valence-corrected chi connectivity index (χ3v) is 9.30. The summed E-state index contributed by atoms with van der Waals surface area (Å²) in [6, 6.07) is 26.9. The van der Waals surface area contributed by atoms with Crippen molar-refractivity contribution in [2.24, 2.45) is 5.41 Å². The van der Waals surface area contributed by atoms with Crippen LogP contribution in [0.3, 0.4) is 0 Å². The fourth-order valence-electron chi connectivity index (χ4n) is 6.47. The lowest BCUT2D eigenvalue weighted by Crippen LogP contribution is -2.58. The van der Waals surface area contributed by atoms with Gasteiger partial charge in [0.2, 0.25) is 0 Å². The number of hydroxylamine groups is 2. The number of aliphatic hydroxyl groups is 1. The molecule has 4 N–H and O–H groups in total. The van der Waals surface area contributed by atoms with Crippen molar-refractivity contribution in [1.82, 2.24) is 25.8 Å². The number of nitrogens with zero attached hydrogens (tertiary/aromatic N) is 3. The van der Waals surface area contributed by atoms with Gasteiger partial charge in [-0.3, -0.25) is 25.2 Å². The topological polar surface area (TPSA) is 144 Å². The number of aromatic nitrogens is 1. The molecule has 4 aromatic rings. The van der Waals surface area contributed by atoms with Gasteiger partial charge in [-0.25, -0.2) is 14.9 Å². The summed E-state index contributed by atoms with van der Waals surface area (Å²) in [7, 11) is 1.23. The van der Waals surface area contributed by atoms with Crippen LogP contribution in [0.15, 0.2) is 103 Å². The Labute approximate surface area is 299 Å². The van der Waals surface area contributed by atoms with Crippen molar-refractivity contribution in [3.8, 4) is 11.1 Å². The van der Waals surface area contributed by atoms with E-state index in [0.717, 1.165) is 27.8 Å². The lowest BCUT2D eigenvalue weighted by Gasteiger charge is -2.36. The van der Waals surface area contributed by atoms with Crippen molar-refractivity contribution < 1.29 is 29.4 Å². The molecule has 0 saturated carbocycles. The van der Waals surface area contributed by atoms with E-state index in [1.54, 1.807) is 17.4 Å². The molecule has 0 radical (unpaired) electrons. The maximum Gasteiger partial charge on any atom is 0.407 e. The fraction of sp³-hybridized carbons (Fsp3) is 0.350. The number of carbonyl (C=O) groups is 3. The molecule has 0 bridgehead atoms. The number of alkyl carbamates (subject to hydrolysis) is 1. The molecule has 1 aliphatic rings. The summed E-state index contributed by atoms with van der Waals surface area (Å²) in [6.07, 6.45) is 3.78. The smallest absolute Gasteiger partial charge is 0.407 e. The first kappa shape index (κ1) is 37.2. The molecule has 0 spiro atoms.